The molecule has 0 aliphatic carbocycles. The molecule has 8 heteroatoms. The number of aliphatic hydroxyl groups is 1. The summed E-state index contributed by atoms with van der Waals surface area (Å²) in [5, 5.41) is 12.2. The minimum absolute atomic E-state index is 0.290. The van der Waals surface area contributed by atoms with E-state index in [1.807, 2.05) is 0 Å². The van der Waals surface area contributed by atoms with Crippen molar-refractivity contribution in [1.82, 2.24) is 10.2 Å². The predicted molar refractivity (Wildman–Crippen MR) is 110 cm³/mol. The van der Waals surface area contributed by atoms with Crippen molar-refractivity contribution in [2.75, 3.05) is 19.7 Å². The fourth-order valence-corrected chi connectivity index (χ4v) is 3.60. The van der Waals surface area contributed by atoms with Crippen LogP contribution in [0.3, 0.4) is 0 Å². The minimum Gasteiger partial charge on any atom is -0.394 e. The first-order valence-corrected chi connectivity index (χ1v) is 10.3. The van der Waals surface area contributed by atoms with Crippen LogP contribution in [0.2, 0.25) is 0 Å². The largest absolute Gasteiger partial charge is 0.416 e. The highest BCUT2D eigenvalue weighted by atomic mass is 19.4. The van der Waals surface area contributed by atoms with E-state index in [0.717, 1.165) is 37.8 Å². The van der Waals surface area contributed by atoms with Crippen LogP contribution >= 0.6 is 0 Å². The first-order valence-electron chi connectivity index (χ1n) is 10.3. The van der Waals surface area contributed by atoms with Crippen molar-refractivity contribution in [2.45, 2.75) is 37.9 Å². The predicted octanol–water partition coefficient (Wildman–Crippen LogP) is 3.87. The number of likely N-dealkylation sites (tertiary alicyclic amines) is 1. The topological polar surface area (TPSA) is 69.6 Å². The summed E-state index contributed by atoms with van der Waals surface area (Å²) in [5.41, 5.74) is 0.809. The molecule has 1 saturated heterocycles. The summed E-state index contributed by atoms with van der Waals surface area (Å²) >= 11 is 0. The highest BCUT2D eigenvalue weighted by Crippen LogP contribution is 2.31. The molecule has 2 N–H and O–H groups in total. The zero-order valence-corrected chi connectivity index (χ0v) is 17.0. The summed E-state index contributed by atoms with van der Waals surface area (Å²) in [6.45, 7) is 0.741. The van der Waals surface area contributed by atoms with E-state index in [9.17, 15) is 27.9 Å². The first kappa shape index (κ1) is 22.8. The van der Waals surface area contributed by atoms with Gasteiger partial charge in [0.15, 0.2) is 0 Å². The van der Waals surface area contributed by atoms with Crippen LogP contribution in [0, 0.1) is 0 Å². The van der Waals surface area contributed by atoms with Crippen molar-refractivity contribution < 1.29 is 27.9 Å². The molecule has 1 aliphatic heterocycles. The van der Waals surface area contributed by atoms with Crippen molar-refractivity contribution >= 4 is 11.8 Å². The Bertz CT molecular complexity index is 888. The van der Waals surface area contributed by atoms with Gasteiger partial charge in [0.1, 0.15) is 6.04 Å². The van der Waals surface area contributed by atoms with E-state index in [1.54, 1.807) is 17.0 Å². The van der Waals surface area contributed by atoms with Crippen molar-refractivity contribution in [2.24, 2.45) is 0 Å². The summed E-state index contributed by atoms with van der Waals surface area (Å²) < 4.78 is 38.1. The number of benzene rings is 2. The van der Waals surface area contributed by atoms with Crippen LogP contribution in [0.5, 0.6) is 0 Å². The Labute approximate surface area is 178 Å². The van der Waals surface area contributed by atoms with Gasteiger partial charge in [0.2, 0.25) is 5.91 Å². The maximum Gasteiger partial charge on any atom is 0.416 e. The Hall–Kier alpha value is -2.87. The Kier molecular flexibility index (Phi) is 7.33. The number of alkyl halides is 3. The van der Waals surface area contributed by atoms with Crippen molar-refractivity contribution in [3.8, 4) is 11.1 Å². The number of halogens is 3. The third-order valence-electron chi connectivity index (χ3n) is 5.40. The molecule has 1 fully saturated rings. The van der Waals surface area contributed by atoms with Crippen molar-refractivity contribution in [3.63, 3.8) is 0 Å². The zero-order valence-electron chi connectivity index (χ0n) is 17.0. The molecule has 0 radical (unpaired) electrons. The van der Waals surface area contributed by atoms with Gasteiger partial charge in [-0.05, 0) is 48.2 Å². The minimum atomic E-state index is -4.39. The van der Waals surface area contributed by atoms with Crippen molar-refractivity contribution in [1.29, 1.82) is 0 Å². The van der Waals surface area contributed by atoms with Crippen LogP contribution in [0.4, 0.5) is 13.2 Å². The molecule has 0 aromatic heterocycles. The lowest BCUT2D eigenvalue weighted by Crippen LogP contribution is -2.50. The second-order valence-corrected chi connectivity index (χ2v) is 7.60. The number of carbonyl (C=O) groups excluding carboxylic acids is 2. The van der Waals surface area contributed by atoms with Gasteiger partial charge >= 0.3 is 6.18 Å². The molecule has 0 bridgehead atoms. The van der Waals surface area contributed by atoms with E-state index in [0.29, 0.717) is 24.2 Å². The number of amides is 2. The summed E-state index contributed by atoms with van der Waals surface area (Å²) in [6, 6.07) is 10.1. The van der Waals surface area contributed by atoms with Gasteiger partial charge in [0.05, 0.1) is 12.2 Å². The van der Waals surface area contributed by atoms with Gasteiger partial charge in [0.25, 0.3) is 5.91 Å². The molecule has 166 valence electrons. The maximum atomic E-state index is 12.7. The van der Waals surface area contributed by atoms with E-state index in [-0.39, 0.29) is 11.5 Å². The monoisotopic (exact) mass is 434 g/mol. The molecule has 0 spiro atoms. The SMILES string of the molecule is O=C(NC(CO)C(=O)N1CCCCCC1)c1ccc(-c2ccc(C(F)(F)F)cc2)cc1. The summed E-state index contributed by atoms with van der Waals surface area (Å²) in [5.74, 6) is -0.791. The highest BCUT2D eigenvalue weighted by Gasteiger charge is 2.30. The third-order valence-corrected chi connectivity index (χ3v) is 5.40. The molecule has 1 aliphatic rings. The summed E-state index contributed by atoms with van der Waals surface area (Å²) in [6.07, 6.45) is -0.461. The molecule has 1 atom stereocenters. The molecule has 0 saturated carbocycles. The fourth-order valence-electron chi connectivity index (χ4n) is 3.60. The lowest BCUT2D eigenvalue weighted by molar-refractivity contribution is -0.137. The number of nitrogens with zero attached hydrogens (tertiary/aromatic N) is 1. The number of carbonyl (C=O) groups is 2. The van der Waals surface area contributed by atoms with Crippen LogP contribution in [0.1, 0.15) is 41.6 Å². The lowest BCUT2D eigenvalue weighted by atomic mass is 10.0. The zero-order chi connectivity index (χ0) is 22.4. The third kappa shape index (κ3) is 5.85. The molecule has 1 unspecified atom stereocenters. The van der Waals surface area contributed by atoms with Gasteiger partial charge in [-0.3, -0.25) is 9.59 Å². The molecular weight excluding hydrogens is 409 g/mol. The van der Waals surface area contributed by atoms with Gasteiger partial charge in [-0.15, -0.1) is 0 Å². The summed E-state index contributed by atoms with van der Waals surface area (Å²) in [7, 11) is 0. The first-order chi connectivity index (χ1) is 14.8. The second kappa shape index (κ2) is 9.96. The summed E-state index contributed by atoms with van der Waals surface area (Å²) in [4.78, 5) is 26.9. The van der Waals surface area contributed by atoms with E-state index in [1.165, 1.54) is 24.3 Å². The number of rotatable bonds is 5. The van der Waals surface area contributed by atoms with E-state index in [2.05, 4.69) is 5.32 Å². The Morgan fingerprint density at radius 1 is 0.903 bits per heavy atom. The van der Waals surface area contributed by atoms with Crippen LogP contribution in [-0.4, -0.2) is 47.6 Å². The Balaban J connectivity index is 1.65. The van der Waals surface area contributed by atoms with Gasteiger partial charge in [0, 0.05) is 18.7 Å². The Morgan fingerprint density at radius 2 is 1.42 bits per heavy atom. The van der Waals surface area contributed by atoms with E-state index < -0.39 is 30.3 Å². The Morgan fingerprint density at radius 3 is 1.90 bits per heavy atom. The average molecular weight is 434 g/mol. The average Bonchev–Trinajstić information content (AvgIpc) is 3.06. The normalized spacial score (nSPS) is 15.8. The molecule has 3 rings (SSSR count). The van der Waals surface area contributed by atoms with Gasteiger partial charge in [-0.25, -0.2) is 0 Å². The van der Waals surface area contributed by atoms with Gasteiger partial charge < -0.3 is 15.3 Å². The number of aliphatic hydroxyl groups excluding tert-OH is 1. The lowest BCUT2D eigenvalue weighted by Gasteiger charge is -2.25. The molecule has 1 heterocycles. The van der Waals surface area contributed by atoms with Crippen molar-refractivity contribution in [3.05, 3.63) is 59.7 Å². The van der Waals surface area contributed by atoms with E-state index >= 15 is 0 Å². The number of hydrogen-bond donors (Lipinski definition) is 2. The van der Waals surface area contributed by atoms with Crippen LogP contribution < -0.4 is 5.32 Å². The molecule has 2 amide bonds. The molecular formula is C23H25F3N2O3. The maximum absolute atomic E-state index is 12.7. The van der Waals surface area contributed by atoms with Gasteiger partial charge in [-0.1, -0.05) is 37.1 Å². The quantitative estimate of drug-likeness (QED) is 0.751. The van der Waals surface area contributed by atoms with Crippen LogP contribution in [0.15, 0.2) is 48.5 Å². The van der Waals surface area contributed by atoms with E-state index in [4.69, 9.17) is 0 Å². The van der Waals surface area contributed by atoms with Crippen LogP contribution in [-0.2, 0) is 11.0 Å². The number of hydrogen-bond acceptors (Lipinski definition) is 3. The molecule has 2 aromatic rings. The molecule has 2 aromatic carbocycles. The van der Waals surface area contributed by atoms with Gasteiger partial charge in [-0.2, -0.15) is 13.2 Å². The fraction of sp³-hybridized carbons (Fsp3) is 0.391. The second-order valence-electron chi connectivity index (χ2n) is 7.60. The molecule has 31 heavy (non-hydrogen) atoms. The highest BCUT2D eigenvalue weighted by molar-refractivity contribution is 5.98. The number of nitrogens with one attached hydrogen (secondary N) is 1. The molecule has 5 nitrogen and oxygen atoms in total. The standard InChI is InChI=1S/C23H25F3N2O3/c24-23(25,26)19-11-9-17(10-12-19)16-5-7-18(8-6-16)21(30)27-20(15-29)22(31)28-13-3-1-2-4-14-28/h5-12,20,29H,1-4,13-15H2,(H,27,30). The smallest absolute Gasteiger partial charge is 0.394 e. The van der Waals surface area contributed by atoms with Crippen LogP contribution in [0.25, 0.3) is 11.1 Å².